The monoisotopic (exact) mass is 266 g/mol. The van der Waals surface area contributed by atoms with E-state index in [1.54, 1.807) is 19.1 Å². The highest BCUT2D eigenvalue weighted by Gasteiger charge is 2.12. The minimum atomic E-state index is -0.563. The second-order valence-corrected chi connectivity index (χ2v) is 3.99. The van der Waals surface area contributed by atoms with Crippen molar-refractivity contribution in [2.45, 2.75) is 6.92 Å². The number of anilines is 1. The Bertz CT molecular complexity index is 460. The Morgan fingerprint density at radius 2 is 2.11 bits per heavy atom. The van der Waals surface area contributed by atoms with E-state index in [4.69, 9.17) is 15.2 Å². The topological polar surface area (TPSA) is 90.6 Å². The molecule has 0 aliphatic heterocycles. The zero-order valence-electron chi connectivity index (χ0n) is 11.1. The molecule has 0 radical (unpaired) electrons. The van der Waals surface area contributed by atoms with Crippen molar-refractivity contribution in [2.24, 2.45) is 0 Å². The number of rotatable bonds is 6. The van der Waals surface area contributed by atoms with E-state index in [0.717, 1.165) is 5.56 Å². The van der Waals surface area contributed by atoms with Crippen LogP contribution in [0.15, 0.2) is 18.2 Å². The minimum absolute atomic E-state index is 0.323. The summed E-state index contributed by atoms with van der Waals surface area (Å²) in [5, 5.41) is 2.55. The molecular formula is C13H18N2O4. The third-order valence-electron chi connectivity index (χ3n) is 2.44. The zero-order chi connectivity index (χ0) is 14.3. The first-order valence-electron chi connectivity index (χ1n) is 5.83. The Labute approximate surface area is 111 Å². The molecule has 1 rings (SSSR count). The van der Waals surface area contributed by atoms with Gasteiger partial charge in [-0.3, -0.25) is 4.79 Å². The van der Waals surface area contributed by atoms with Gasteiger partial charge >= 0.3 is 5.97 Å². The van der Waals surface area contributed by atoms with E-state index in [1.165, 1.54) is 13.2 Å². The lowest BCUT2D eigenvalue weighted by Gasteiger charge is -2.08. The number of amides is 1. The number of hydrogen-bond donors (Lipinski definition) is 2. The summed E-state index contributed by atoms with van der Waals surface area (Å²) in [5.41, 5.74) is 7.19. The second-order valence-electron chi connectivity index (χ2n) is 3.99. The van der Waals surface area contributed by atoms with E-state index >= 15 is 0 Å². The van der Waals surface area contributed by atoms with Crippen molar-refractivity contribution >= 4 is 17.6 Å². The van der Waals surface area contributed by atoms with Crippen LogP contribution >= 0.6 is 0 Å². The maximum absolute atomic E-state index is 11.8. The second kappa shape index (κ2) is 7.38. The van der Waals surface area contributed by atoms with Gasteiger partial charge in [0.1, 0.15) is 0 Å². The Morgan fingerprint density at radius 3 is 2.79 bits per heavy atom. The average molecular weight is 266 g/mol. The molecule has 1 aromatic rings. The SMILES string of the molecule is COCCNC(=O)COC(=O)c1cc(N)ccc1C. The molecule has 0 saturated carbocycles. The number of ether oxygens (including phenoxy) is 2. The van der Waals surface area contributed by atoms with Gasteiger partial charge in [-0.2, -0.15) is 0 Å². The molecule has 0 heterocycles. The number of carbonyl (C=O) groups is 2. The number of hydrogen-bond acceptors (Lipinski definition) is 5. The van der Waals surface area contributed by atoms with Gasteiger partial charge in [0.25, 0.3) is 5.91 Å². The number of benzene rings is 1. The van der Waals surface area contributed by atoms with Crippen molar-refractivity contribution < 1.29 is 19.1 Å². The van der Waals surface area contributed by atoms with Gasteiger partial charge in [0.2, 0.25) is 0 Å². The van der Waals surface area contributed by atoms with Crippen LogP contribution in [0.5, 0.6) is 0 Å². The van der Waals surface area contributed by atoms with E-state index < -0.39 is 5.97 Å². The van der Waals surface area contributed by atoms with Crippen LogP contribution in [0.4, 0.5) is 5.69 Å². The van der Waals surface area contributed by atoms with Gasteiger partial charge < -0.3 is 20.5 Å². The summed E-state index contributed by atoms with van der Waals surface area (Å²) in [5.74, 6) is -0.932. The lowest BCUT2D eigenvalue weighted by molar-refractivity contribution is -0.124. The van der Waals surface area contributed by atoms with Crippen molar-refractivity contribution in [3.63, 3.8) is 0 Å². The maximum atomic E-state index is 11.8. The van der Waals surface area contributed by atoms with Crippen LogP contribution in [0.25, 0.3) is 0 Å². The van der Waals surface area contributed by atoms with E-state index in [1.807, 2.05) is 0 Å². The van der Waals surface area contributed by atoms with Crippen LogP contribution in [0.1, 0.15) is 15.9 Å². The van der Waals surface area contributed by atoms with Crippen LogP contribution in [0, 0.1) is 6.92 Å². The van der Waals surface area contributed by atoms with Crippen molar-refractivity contribution in [1.29, 1.82) is 0 Å². The minimum Gasteiger partial charge on any atom is -0.452 e. The molecule has 6 nitrogen and oxygen atoms in total. The maximum Gasteiger partial charge on any atom is 0.338 e. The molecule has 0 aliphatic rings. The molecule has 0 fully saturated rings. The molecule has 3 N–H and O–H groups in total. The van der Waals surface area contributed by atoms with Crippen LogP contribution < -0.4 is 11.1 Å². The third-order valence-corrected chi connectivity index (χ3v) is 2.44. The fraction of sp³-hybridized carbons (Fsp3) is 0.385. The molecule has 0 aliphatic carbocycles. The Morgan fingerprint density at radius 1 is 1.37 bits per heavy atom. The summed E-state index contributed by atoms with van der Waals surface area (Å²) in [4.78, 5) is 23.1. The van der Waals surface area contributed by atoms with Crippen LogP contribution in [0.2, 0.25) is 0 Å². The fourth-order valence-corrected chi connectivity index (χ4v) is 1.41. The number of nitrogens with two attached hydrogens (primary N) is 1. The molecule has 6 heteroatoms. The number of carbonyl (C=O) groups excluding carboxylic acids is 2. The van der Waals surface area contributed by atoms with Gasteiger partial charge in [0, 0.05) is 19.3 Å². The van der Waals surface area contributed by atoms with E-state index in [0.29, 0.717) is 24.4 Å². The lowest BCUT2D eigenvalue weighted by Crippen LogP contribution is -2.31. The number of methoxy groups -OCH3 is 1. The standard InChI is InChI=1S/C13H18N2O4/c1-9-3-4-10(14)7-11(9)13(17)19-8-12(16)15-5-6-18-2/h3-4,7H,5-6,8,14H2,1-2H3,(H,15,16). The van der Waals surface area contributed by atoms with Crippen LogP contribution in [0.3, 0.4) is 0 Å². The smallest absolute Gasteiger partial charge is 0.338 e. The van der Waals surface area contributed by atoms with Gasteiger partial charge in [-0.25, -0.2) is 4.79 Å². The molecule has 0 unspecified atom stereocenters. The lowest BCUT2D eigenvalue weighted by atomic mass is 10.1. The highest BCUT2D eigenvalue weighted by molar-refractivity contribution is 5.93. The van der Waals surface area contributed by atoms with E-state index in [9.17, 15) is 9.59 Å². The first-order chi connectivity index (χ1) is 9.04. The van der Waals surface area contributed by atoms with Gasteiger partial charge in [-0.1, -0.05) is 6.07 Å². The summed E-state index contributed by atoms with van der Waals surface area (Å²) in [6, 6.07) is 4.95. The Balaban J connectivity index is 2.47. The zero-order valence-corrected chi connectivity index (χ0v) is 11.1. The predicted molar refractivity (Wildman–Crippen MR) is 70.8 cm³/mol. The van der Waals surface area contributed by atoms with E-state index in [2.05, 4.69) is 5.32 Å². The summed E-state index contributed by atoms with van der Waals surface area (Å²) in [6.07, 6.45) is 0. The molecule has 1 amide bonds. The largest absolute Gasteiger partial charge is 0.452 e. The quantitative estimate of drug-likeness (QED) is 0.444. The average Bonchev–Trinajstić information content (AvgIpc) is 2.39. The predicted octanol–water partition coefficient (Wildman–Crippen LogP) is 0.497. The van der Waals surface area contributed by atoms with E-state index in [-0.39, 0.29) is 12.5 Å². The molecule has 0 atom stereocenters. The number of aryl methyl sites for hydroxylation is 1. The fourth-order valence-electron chi connectivity index (χ4n) is 1.41. The summed E-state index contributed by atoms with van der Waals surface area (Å²) >= 11 is 0. The highest BCUT2D eigenvalue weighted by atomic mass is 16.5. The normalized spacial score (nSPS) is 10.0. The number of nitrogen functional groups attached to an aromatic ring is 1. The van der Waals surface area contributed by atoms with Crippen LogP contribution in [-0.4, -0.2) is 38.7 Å². The summed E-state index contributed by atoms with van der Waals surface area (Å²) in [7, 11) is 1.54. The highest BCUT2D eigenvalue weighted by Crippen LogP contribution is 2.13. The van der Waals surface area contributed by atoms with Gasteiger partial charge in [-0.15, -0.1) is 0 Å². The number of esters is 1. The van der Waals surface area contributed by atoms with Crippen molar-refractivity contribution in [2.75, 3.05) is 32.6 Å². The van der Waals surface area contributed by atoms with Gasteiger partial charge in [0.05, 0.1) is 12.2 Å². The Kier molecular flexibility index (Phi) is 5.81. The van der Waals surface area contributed by atoms with Crippen molar-refractivity contribution in [1.82, 2.24) is 5.32 Å². The molecule has 104 valence electrons. The van der Waals surface area contributed by atoms with Crippen molar-refractivity contribution in [3.05, 3.63) is 29.3 Å². The van der Waals surface area contributed by atoms with Crippen molar-refractivity contribution in [3.8, 4) is 0 Å². The van der Waals surface area contributed by atoms with Gasteiger partial charge in [-0.05, 0) is 24.6 Å². The third kappa shape index (κ3) is 4.97. The first kappa shape index (κ1) is 15.0. The molecule has 0 aromatic heterocycles. The molecule has 1 aromatic carbocycles. The van der Waals surface area contributed by atoms with Crippen LogP contribution in [-0.2, 0) is 14.3 Å². The molecule has 0 spiro atoms. The molecule has 0 saturated heterocycles. The first-order valence-corrected chi connectivity index (χ1v) is 5.83. The summed E-state index contributed by atoms with van der Waals surface area (Å²) in [6.45, 7) is 2.24. The number of nitrogens with one attached hydrogen (secondary N) is 1. The summed E-state index contributed by atoms with van der Waals surface area (Å²) < 4.78 is 9.69. The molecular weight excluding hydrogens is 248 g/mol. The Hall–Kier alpha value is -2.08. The molecule has 19 heavy (non-hydrogen) atoms. The molecule has 0 bridgehead atoms. The van der Waals surface area contributed by atoms with Gasteiger partial charge in [0.15, 0.2) is 6.61 Å².